The third-order valence-corrected chi connectivity index (χ3v) is 3.89. The Kier molecular flexibility index (Phi) is 4.73. The van der Waals surface area contributed by atoms with Crippen LogP contribution in [0.2, 0.25) is 0 Å². The molecule has 0 saturated heterocycles. The van der Waals surface area contributed by atoms with Crippen molar-refractivity contribution >= 4 is 22.8 Å². The molecule has 1 fully saturated rings. The molecule has 0 heterocycles. The summed E-state index contributed by atoms with van der Waals surface area (Å²) in [6.45, 7) is 6.08. The maximum absolute atomic E-state index is 11.1. The van der Waals surface area contributed by atoms with E-state index < -0.39 is 9.85 Å². The van der Waals surface area contributed by atoms with Crippen LogP contribution >= 0.6 is 0 Å². The summed E-state index contributed by atoms with van der Waals surface area (Å²) in [5, 5.41) is 26.2. The number of anilines is 1. The number of benzene rings is 1. The molecule has 0 bridgehead atoms. The van der Waals surface area contributed by atoms with Gasteiger partial charge in [-0.2, -0.15) is 5.10 Å². The summed E-state index contributed by atoms with van der Waals surface area (Å²) in [4.78, 5) is 20.5. The smallest absolute Gasteiger partial charge is 0.271 e. The number of nitrogens with one attached hydrogen (secondary N) is 1. The number of nitro benzene ring substituents is 2. The molecule has 1 aromatic rings. The van der Waals surface area contributed by atoms with Crippen molar-refractivity contribution in [1.29, 1.82) is 0 Å². The van der Waals surface area contributed by atoms with Crippen LogP contribution < -0.4 is 5.43 Å². The number of hydrazone groups is 1. The monoisotopic (exact) mass is 318 g/mol. The van der Waals surface area contributed by atoms with Gasteiger partial charge in [0.1, 0.15) is 5.69 Å². The highest BCUT2D eigenvalue weighted by Gasteiger charge is 2.25. The maximum Gasteiger partial charge on any atom is 0.301 e. The van der Waals surface area contributed by atoms with Crippen LogP contribution in [0.15, 0.2) is 34.4 Å². The third kappa shape index (κ3) is 3.53. The van der Waals surface area contributed by atoms with Crippen molar-refractivity contribution < 1.29 is 9.85 Å². The van der Waals surface area contributed by atoms with Gasteiger partial charge < -0.3 is 0 Å². The van der Waals surface area contributed by atoms with Crippen molar-refractivity contribution in [3.05, 3.63) is 49.6 Å². The lowest BCUT2D eigenvalue weighted by Crippen LogP contribution is -2.09. The predicted molar refractivity (Wildman–Crippen MR) is 87.6 cm³/mol. The fourth-order valence-electron chi connectivity index (χ4n) is 2.61. The zero-order chi connectivity index (χ0) is 17.1. The summed E-state index contributed by atoms with van der Waals surface area (Å²) >= 11 is 0. The largest absolute Gasteiger partial charge is 0.301 e. The third-order valence-electron chi connectivity index (χ3n) is 3.89. The van der Waals surface area contributed by atoms with Crippen molar-refractivity contribution in [2.45, 2.75) is 33.6 Å². The van der Waals surface area contributed by atoms with E-state index in [1.54, 1.807) is 0 Å². The topological polar surface area (TPSA) is 111 Å². The number of allylic oxidation sites excluding steroid dienone is 2. The van der Waals surface area contributed by atoms with Crippen LogP contribution in [-0.4, -0.2) is 15.6 Å². The van der Waals surface area contributed by atoms with Gasteiger partial charge in [-0.1, -0.05) is 12.5 Å². The molecule has 0 aliphatic heterocycles. The Morgan fingerprint density at radius 3 is 2.52 bits per heavy atom. The first-order chi connectivity index (χ1) is 10.8. The second kappa shape index (κ2) is 6.55. The van der Waals surface area contributed by atoms with Crippen molar-refractivity contribution in [3.63, 3.8) is 0 Å². The first-order valence-electron chi connectivity index (χ1n) is 7.24. The summed E-state index contributed by atoms with van der Waals surface area (Å²) in [6.07, 6.45) is 1.93. The molecule has 2 rings (SSSR count). The van der Waals surface area contributed by atoms with Gasteiger partial charge in [-0.05, 0) is 38.3 Å². The fraction of sp³-hybridized carbons (Fsp3) is 0.400. The molecule has 1 aromatic carbocycles. The lowest BCUT2D eigenvalue weighted by Gasteiger charge is -2.08. The minimum Gasteiger partial charge on any atom is -0.271 e. The van der Waals surface area contributed by atoms with Crippen molar-refractivity contribution in [2.75, 3.05) is 5.43 Å². The predicted octanol–water partition coefficient (Wildman–Crippen LogP) is 4.04. The van der Waals surface area contributed by atoms with Gasteiger partial charge in [0.05, 0.1) is 21.6 Å². The molecule has 1 atom stereocenters. The molecular formula is C15H18N4O4. The Labute approximate surface area is 133 Å². The average Bonchev–Trinajstić information content (AvgIpc) is 2.85. The average molecular weight is 318 g/mol. The van der Waals surface area contributed by atoms with E-state index in [0.29, 0.717) is 0 Å². The summed E-state index contributed by atoms with van der Waals surface area (Å²) in [5.74, 6) is 0.268. The molecule has 23 heavy (non-hydrogen) atoms. The van der Waals surface area contributed by atoms with Gasteiger partial charge in [0, 0.05) is 12.0 Å². The lowest BCUT2D eigenvalue weighted by atomic mass is 10.1. The highest BCUT2D eigenvalue weighted by molar-refractivity contribution is 6.04. The molecule has 1 saturated carbocycles. The minimum absolute atomic E-state index is 0.139. The van der Waals surface area contributed by atoms with E-state index in [-0.39, 0.29) is 23.0 Å². The molecule has 1 aliphatic carbocycles. The summed E-state index contributed by atoms with van der Waals surface area (Å²) in [6, 6.07) is 3.46. The highest BCUT2D eigenvalue weighted by Crippen LogP contribution is 2.32. The van der Waals surface area contributed by atoms with Gasteiger partial charge in [0.15, 0.2) is 0 Å². The zero-order valence-corrected chi connectivity index (χ0v) is 13.2. The van der Waals surface area contributed by atoms with Gasteiger partial charge in [-0.3, -0.25) is 25.7 Å². The van der Waals surface area contributed by atoms with E-state index in [2.05, 4.69) is 17.5 Å². The minimum atomic E-state index is -0.664. The second-order valence-corrected chi connectivity index (χ2v) is 5.74. The van der Waals surface area contributed by atoms with E-state index in [4.69, 9.17) is 0 Å². The van der Waals surface area contributed by atoms with E-state index in [0.717, 1.165) is 30.2 Å². The van der Waals surface area contributed by atoms with E-state index in [9.17, 15) is 20.2 Å². The van der Waals surface area contributed by atoms with Gasteiger partial charge in [0.25, 0.3) is 5.69 Å². The van der Waals surface area contributed by atoms with Crippen LogP contribution in [-0.2, 0) is 0 Å². The summed E-state index contributed by atoms with van der Waals surface area (Å²) in [5.41, 5.74) is 5.38. The summed E-state index contributed by atoms with van der Waals surface area (Å²) < 4.78 is 0. The first kappa shape index (κ1) is 16.6. The highest BCUT2D eigenvalue weighted by atomic mass is 16.6. The normalized spacial score (nSPS) is 19.0. The number of nitro groups is 2. The van der Waals surface area contributed by atoms with E-state index >= 15 is 0 Å². The fourth-order valence-corrected chi connectivity index (χ4v) is 2.61. The van der Waals surface area contributed by atoms with Crippen LogP contribution in [0.5, 0.6) is 0 Å². The van der Waals surface area contributed by atoms with Gasteiger partial charge in [-0.15, -0.1) is 0 Å². The van der Waals surface area contributed by atoms with Crippen LogP contribution in [0.25, 0.3) is 0 Å². The standard InChI is InChI=1S/C15H18N4O4/c1-9(2)12-6-4-10(3)15(12)17-16-13-7-5-11(18(20)21)8-14(13)19(22)23/h5,7-8,10,16H,4,6H2,1-3H3/b17-15-/t10-/m1/s1. The van der Waals surface area contributed by atoms with E-state index in [1.807, 2.05) is 13.8 Å². The Balaban J connectivity index is 2.37. The lowest BCUT2D eigenvalue weighted by molar-refractivity contribution is -0.393. The number of hydrogen-bond donors (Lipinski definition) is 1. The second-order valence-electron chi connectivity index (χ2n) is 5.74. The van der Waals surface area contributed by atoms with Crippen LogP contribution in [0.4, 0.5) is 17.1 Å². The quantitative estimate of drug-likeness (QED) is 0.665. The number of rotatable bonds is 4. The molecule has 1 aliphatic rings. The molecular weight excluding hydrogens is 300 g/mol. The van der Waals surface area contributed by atoms with Gasteiger partial charge >= 0.3 is 5.69 Å². The van der Waals surface area contributed by atoms with Crippen LogP contribution in [0, 0.1) is 26.1 Å². The Morgan fingerprint density at radius 2 is 1.96 bits per heavy atom. The molecule has 0 amide bonds. The Morgan fingerprint density at radius 1 is 1.26 bits per heavy atom. The molecule has 0 unspecified atom stereocenters. The first-order valence-corrected chi connectivity index (χ1v) is 7.24. The molecule has 1 N–H and O–H groups in total. The van der Waals surface area contributed by atoms with Crippen molar-refractivity contribution in [3.8, 4) is 0 Å². The maximum atomic E-state index is 11.1. The van der Waals surface area contributed by atoms with Crippen LogP contribution in [0.3, 0.4) is 0 Å². The van der Waals surface area contributed by atoms with Crippen LogP contribution in [0.1, 0.15) is 33.6 Å². The number of nitrogens with zero attached hydrogens (tertiary/aromatic N) is 3. The molecule has 8 heteroatoms. The Bertz CT molecular complexity index is 720. The molecule has 0 spiro atoms. The Hall–Kier alpha value is -2.77. The van der Waals surface area contributed by atoms with Gasteiger partial charge in [-0.25, -0.2) is 0 Å². The summed E-state index contributed by atoms with van der Waals surface area (Å²) in [7, 11) is 0. The SMILES string of the molecule is CC(C)=C1CC[C@@H](C)/C1=N/Nc1ccc([N+](=O)[O-])cc1[N+](=O)[O-]. The molecule has 0 aromatic heterocycles. The number of non-ortho nitro benzene ring substituents is 1. The van der Waals surface area contributed by atoms with Crippen molar-refractivity contribution in [2.24, 2.45) is 11.0 Å². The van der Waals surface area contributed by atoms with E-state index in [1.165, 1.54) is 17.7 Å². The van der Waals surface area contributed by atoms with Crippen molar-refractivity contribution in [1.82, 2.24) is 0 Å². The number of hydrogen-bond acceptors (Lipinski definition) is 6. The molecule has 122 valence electrons. The molecule has 8 nitrogen and oxygen atoms in total. The zero-order valence-electron chi connectivity index (χ0n) is 13.2. The van der Waals surface area contributed by atoms with Gasteiger partial charge in [0.2, 0.25) is 0 Å². The molecule has 0 radical (unpaired) electrons.